The number of amides is 1. The standard InChI is InChI=1S/C20H20N4O/c25-19(23-18-10-3-7-15-6-1-2-9-17(15)18)16-8-4-13-24(14-16)20-21-11-5-12-22-20/h1-3,5-7,9-12,16H,4,8,13-14H2,(H,23,25). The van der Waals surface area contributed by atoms with Gasteiger partial charge in [-0.25, -0.2) is 9.97 Å². The summed E-state index contributed by atoms with van der Waals surface area (Å²) in [6.45, 7) is 1.54. The van der Waals surface area contributed by atoms with E-state index in [-0.39, 0.29) is 11.8 Å². The van der Waals surface area contributed by atoms with Gasteiger partial charge < -0.3 is 10.2 Å². The number of fused-ring (bicyclic) bond motifs is 1. The lowest BCUT2D eigenvalue weighted by atomic mass is 9.97. The molecule has 2 heterocycles. The maximum absolute atomic E-state index is 12.8. The Kier molecular flexibility index (Phi) is 4.29. The summed E-state index contributed by atoms with van der Waals surface area (Å²) >= 11 is 0. The molecule has 126 valence electrons. The van der Waals surface area contributed by atoms with Gasteiger partial charge in [0, 0.05) is 36.6 Å². The predicted molar refractivity (Wildman–Crippen MR) is 99.5 cm³/mol. The second-order valence-electron chi connectivity index (χ2n) is 6.35. The Balaban J connectivity index is 1.51. The van der Waals surface area contributed by atoms with Crippen LogP contribution in [0.2, 0.25) is 0 Å². The Morgan fingerprint density at radius 1 is 1.04 bits per heavy atom. The van der Waals surface area contributed by atoms with Crippen LogP contribution < -0.4 is 10.2 Å². The molecule has 0 spiro atoms. The van der Waals surface area contributed by atoms with Crippen molar-refractivity contribution in [3.05, 3.63) is 60.9 Å². The zero-order valence-corrected chi connectivity index (χ0v) is 13.9. The number of carbonyl (C=O) groups excluding carboxylic acids is 1. The molecule has 5 nitrogen and oxygen atoms in total. The number of rotatable bonds is 3. The summed E-state index contributed by atoms with van der Waals surface area (Å²) in [6.07, 6.45) is 5.33. The van der Waals surface area contributed by atoms with E-state index in [9.17, 15) is 4.79 Å². The van der Waals surface area contributed by atoms with Crippen LogP contribution in [0.3, 0.4) is 0 Å². The first-order valence-electron chi connectivity index (χ1n) is 8.62. The smallest absolute Gasteiger partial charge is 0.229 e. The number of benzene rings is 2. The third-order valence-corrected chi connectivity index (χ3v) is 4.67. The molecule has 0 aliphatic carbocycles. The minimum atomic E-state index is -0.0588. The lowest BCUT2D eigenvalue weighted by molar-refractivity contribution is -0.120. The Bertz CT molecular complexity index is 876. The van der Waals surface area contributed by atoms with E-state index in [4.69, 9.17) is 0 Å². The molecule has 3 aromatic rings. The molecule has 0 saturated carbocycles. The van der Waals surface area contributed by atoms with Crippen LogP contribution in [-0.2, 0) is 4.79 Å². The van der Waals surface area contributed by atoms with Gasteiger partial charge >= 0.3 is 0 Å². The lowest BCUT2D eigenvalue weighted by Gasteiger charge is -2.32. The highest BCUT2D eigenvalue weighted by atomic mass is 16.1. The van der Waals surface area contributed by atoms with Crippen molar-refractivity contribution in [3.63, 3.8) is 0 Å². The van der Waals surface area contributed by atoms with E-state index in [1.54, 1.807) is 18.5 Å². The van der Waals surface area contributed by atoms with Gasteiger partial charge in [-0.05, 0) is 30.4 Å². The summed E-state index contributed by atoms with van der Waals surface area (Å²) in [5.41, 5.74) is 0.871. The molecule has 1 amide bonds. The van der Waals surface area contributed by atoms with Crippen LogP contribution in [0.5, 0.6) is 0 Å². The number of piperidine rings is 1. The zero-order chi connectivity index (χ0) is 17.1. The van der Waals surface area contributed by atoms with Crippen molar-refractivity contribution in [2.45, 2.75) is 12.8 Å². The van der Waals surface area contributed by atoms with Crippen LogP contribution in [0.4, 0.5) is 11.6 Å². The molecular formula is C20H20N4O. The Morgan fingerprint density at radius 2 is 1.84 bits per heavy atom. The fourth-order valence-corrected chi connectivity index (χ4v) is 3.40. The number of aromatic nitrogens is 2. The molecular weight excluding hydrogens is 312 g/mol. The van der Waals surface area contributed by atoms with Crippen LogP contribution in [0.15, 0.2) is 60.9 Å². The number of nitrogens with one attached hydrogen (secondary N) is 1. The predicted octanol–water partition coefficient (Wildman–Crippen LogP) is 3.48. The Labute approximate surface area is 146 Å². The summed E-state index contributed by atoms with van der Waals surface area (Å²) in [5.74, 6) is 0.707. The molecule has 1 aromatic heterocycles. The van der Waals surface area contributed by atoms with Crippen LogP contribution in [0, 0.1) is 5.92 Å². The molecule has 1 unspecified atom stereocenters. The maximum atomic E-state index is 12.8. The van der Waals surface area contributed by atoms with Gasteiger partial charge in [-0.3, -0.25) is 4.79 Å². The molecule has 0 bridgehead atoms. The lowest BCUT2D eigenvalue weighted by Crippen LogP contribution is -2.41. The van der Waals surface area contributed by atoms with Gasteiger partial charge in [-0.2, -0.15) is 0 Å². The molecule has 1 fully saturated rings. The van der Waals surface area contributed by atoms with Crippen LogP contribution in [-0.4, -0.2) is 29.0 Å². The van der Waals surface area contributed by atoms with Crippen LogP contribution in [0.1, 0.15) is 12.8 Å². The van der Waals surface area contributed by atoms with E-state index in [1.165, 1.54) is 0 Å². The third kappa shape index (κ3) is 3.31. The molecule has 1 saturated heterocycles. The van der Waals surface area contributed by atoms with E-state index in [0.29, 0.717) is 12.5 Å². The molecule has 4 rings (SSSR count). The normalized spacial score (nSPS) is 17.4. The van der Waals surface area contributed by atoms with Crippen molar-refractivity contribution in [1.82, 2.24) is 9.97 Å². The van der Waals surface area contributed by atoms with Crippen LogP contribution >= 0.6 is 0 Å². The first-order valence-corrected chi connectivity index (χ1v) is 8.62. The minimum absolute atomic E-state index is 0.0588. The fraction of sp³-hybridized carbons (Fsp3) is 0.250. The minimum Gasteiger partial charge on any atom is -0.340 e. The van der Waals surface area contributed by atoms with E-state index >= 15 is 0 Å². The Morgan fingerprint density at radius 3 is 2.72 bits per heavy atom. The van der Waals surface area contributed by atoms with E-state index in [0.717, 1.165) is 35.8 Å². The average Bonchev–Trinajstić information content (AvgIpc) is 2.69. The monoisotopic (exact) mass is 332 g/mol. The fourth-order valence-electron chi connectivity index (χ4n) is 3.40. The van der Waals surface area contributed by atoms with Crippen LogP contribution in [0.25, 0.3) is 10.8 Å². The molecule has 1 aliphatic rings. The molecule has 1 aliphatic heterocycles. The quantitative estimate of drug-likeness (QED) is 0.798. The highest BCUT2D eigenvalue weighted by molar-refractivity contribution is 6.02. The zero-order valence-electron chi connectivity index (χ0n) is 13.9. The number of hydrogen-bond acceptors (Lipinski definition) is 4. The van der Waals surface area contributed by atoms with Crippen molar-refractivity contribution in [1.29, 1.82) is 0 Å². The number of anilines is 2. The second-order valence-corrected chi connectivity index (χ2v) is 6.35. The summed E-state index contributed by atoms with van der Waals surface area (Å²) in [6, 6.07) is 15.9. The van der Waals surface area contributed by atoms with Gasteiger partial charge in [-0.15, -0.1) is 0 Å². The van der Waals surface area contributed by atoms with E-state index < -0.39 is 0 Å². The molecule has 2 aromatic carbocycles. The summed E-state index contributed by atoms with van der Waals surface area (Å²) in [5, 5.41) is 5.32. The van der Waals surface area contributed by atoms with Crippen molar-refractivity contribution in [2.75, 3.05) is 23.3 Å². The molecule has 5 heteroatoms. The topological polar surface area (TPSA) is 58.1 Å². The highest BCUT2D eigenvalue weighted by Gasteiger charge is 2.27. The number of hydrogen-bond donors (Lipinski definition) is 1. The molecule has 1 N–H and O–H groups in total. The first kappa shape index (κ1) is 15.6. The highest BCUT2D eigenvalue weighted by Crippen LogP contribution is 2.25. The largest absolute Gasteiger partial charge is 0.340 e. The van der Waals surface area contributed by atoms with Crippen molar-refractivity contribution >= 4 is 28.3 Å². The summed E-state index contributed by atoms with van der Waals surface area (Å²) in [4.78, 5) is 23.5. The van der Waals surface area contributed by atoms with Gasteiger partial charge in [0.05, 0.1) is 5.92 Å². The molecule has 1 atom stereocenters. The van der Waals surface area contributed by atoms with Gasteiger partial charge in [-0.1, -0.05) is 36.4 Å². The average molecular weight is 332 g/mol. The van der Waals surface area contributed by atoms with E-state index in [1.807, 2.05) is 30.3 Å². The first-order chi connectivity index (χ1) is 12.3. The molecule has 0 radical (unpaired) electrons. The van der Waals surface area contributed by atoms with Gasteiger partial charge in [0.1, 0.15) is 0 Å². The summed E-state index contributed by atoms with van der Waals surface area (Å²) < 4.78 is 0. The SMILES string of the molecule is O=C(Nc1cccc2ccccc12)C1CCCN(c2ncccn2)C1. The van der Waals surface area contributed by atoms with E-state index in [2.05, 4.69) is 32.3 Å². The second kappa shape index (κ2) is 6.89. The van der Waals surface area contributed by atoms with Gasteiger partial charge in [0.25, 0.3) is 0 Å². The molecule has 25 heavy (non-hydrogen) atoms. The number of nitrogens with zero attached hydrogens (tertiary/aromatic N) is 3. The summed E-state index contributed by atoms with van der Waals surface area (Å²) in [7, 11) is 0. The number of carbonyl (C=O) groups is 1. The third-order valence-electron chi connectivity index (χ3n) is 4.67. The van der Waals surface area contributed by atoms with Gasteiger partial charge in [0.15, 0.2) is 0 Å². The Hall–Kier alpha value is -2.95. The van der Waals surface area contributed by atoms with Gasteiger partial charge in [0.2, 0.25) is 11.9 Å². The van der Waals surface area contributed by atoms with Crippen molar-refractivity contribution in [2.24, 2.45) is 5.92 Å². The maximum Gasteiger partial charge on any atom is 0.229 e. The van der Waals surface area contributed by atoms with Crippen molar-refractivity contribution in [3.8, 4) is 0 Å². The van der Waals surface area contributed by atoms with Crippen molar-refractivity contribution < 1.29 is 4.79 Å².